The molecule has 2 N–H and O–H groups in total. The van der Waals surface area contributed by atoms with E-state index in [1.165, 1.54) is 0 Å². The first-order chi connectivity index (χ1) is 16.1. The Balaban J connectivity index is 1.52. The van der Waals surface area contributed by atoms with Gasteiger partial charge >= 0.3 is 0 Å². The van der Waals surface area contributed by atoms with E-state index >= 15 is 0 Å². The van der Waals surface area contributed by atoms with Crippen molar-refractivity contribution >= 4 is 23.2 Å². The van der Waals surface area contributed by atoms with Crippen LogP contribution in [0.25, 0.3) is 0 Å². The fraction of sp³-hybridized carbons (Fsp3) is 0.208. The van der Waals surface area contributed by atoms with Crippen LogP contribution in [0.4, 0.5) is 11.4 Å². The first-order valence-corrected chi connectivity index (χ1v) is 10.1. The van der Waals surface area contributed by atoms with Crippen LogP contribution in [0, 0.1) is 0 Å². The van der Waals surface area contributed by atoms with Gasteiger partial charge < -0.3 is 29.6 Å². The van der Waals surface area contributed by atoms with Crippen molar-refractivity contribution in [2.45, 2.75) is 0 Å². The van der Waals surface area contributed by atoms with Crippen molar-refractivity contribution < 1.29 is 28.5 Å². The number of benzene rings is 2. The van der Waals surface area contributed by atoms with Gasteiger partial charge in [0, 0.05) is 30.6 Å². The number of methoxy groups -OCH3 is 2. The monoisotopic (exact) mass is 451 g/mol. The molecule has 0 aliphatic heterocycles. The average Bonchev–Trinajstić information content (AvgIpc) is 2.84. The maximum atomic E-state index is 12.6. The lowest BCUT2D eigenvalue weighted by molar-refractivity contribution is -0.118. The molecule has 0 aliphatic carbocycles. The van der Waals surface area contributed by atoms with Crippen molar-refractivity contribution in [2.24, 2.45) is 0 Å². The molecule has 2 aromatic carbocycles. The molecule has 0 saturated heterocycles. The van der Waals surface area contributed by atoms with Crippen LogP contribution in [0.2, 0.25) is 0 Å². The normalized spacial score (nSPS) is 10.2. The maximum Gasteiger partial charge on any atom is 0.262 e. The highest BCUT2D eigenvalue weighted by atomic mass is 16.5. The van der Waals surface area contributed by atoms with E-state index in [2.05, 4.69) is 15.6 Å². The Bertz CT molecular complexity index is 1070. The molecular weight excluding hydrogens is 426 g/mol. The zero-order chi connectivity index (χ0) is 23.5. The van der Waals surface area contributed by atoms with Crippen molar-refractivity contribution in [1.29, 1.82) is 0 Å². The topological polar surface area (TPSA) is 108 Å². The van der Waals surface area contributed by atoms with E-state index in [4.69, 9.17) is 18.9 Å². The number of carbonyl (C=O) groups excluding carboxylic acids is 2. The number of aromatic nitrogens is 1. The highest BCUT2D eigenvalue weighted by molar-refractivity contribution is 6.04. The summed E-state index contributed by atoms with van der Waals surface area (Å²) in [5, 5.41) is 5.51. The number of anilines is 2. The second-order valence-electron chi connectivity index (χ2n) is 6.74. The molecule has 0 bridgehead atoms. The third-order valence-corrected chi connectivity index (χ3v) is 4.39. The fourth-order valence-corrected chi connectivity index (χ4v) is 2.77. The van der Waals surface area contributed by atoms with Crippen LogP contribution >= 0.6 is 0 Å². The van der Waals surface area contributed by atoms with Crippen LogP contribution in [0.5, 0.6) is 17.4 Å². The van der Waals surface area contributed by atoms with Crippen LogP contribution in [-0.4, -0.2) is 50.8 Å². The smallest absolute Gasteiger partial charge is 0.262 e. The molecule has 0 radical (unpaired) electrons. The lowest BCUT2D eigenvalue weighted by Gasteiger charge is -2.11. The quantitative estimate of drug-likeness (QED) is 0.430. The molecule has 1 heterocycles. The second-order valence-corrected chi connectivity index (χ2v) is 6.74. The van der Waals surface area contributed by atoms with Gasteiger partial charge in [0.05, 0.1) is 13.7 Å². The molecular formula is C24H25N3O6. The Morgan fingerprint density at radius 1 is 0.879 bits per heavy atom. The number of rotatable bonds is 11. The average molecular weight is 451 g/mol. The minimum absolute atomic E-state index is 0.180. The first kappa shape index (κ1) is 23.6. The van der Waals surface area contributed by atoms with Gasteiger partial charge in [-0.05, 0) is 48.5 Å². The van der Waals surface area contributed by atoms with E-state index in [0.717, 1.165) is 0 Å². The van der Waals surface area contributed by atoms with Gasteiger partial charge in [0.1, 0.15) is 23.8 Å². The Hall–Kier alpha value is -4.11. The molecule has 33 heavy (non-hydrogen) atoms. The Morgan fingerprint density at radius 2 is 1.70 bits per heavy atom. The highest BCUT2D eigenvalue weighted by Crippen LogP contribution is 2.22. The third-order valence-electron chi connectivity index (χ3n) is 4.39. The molecule has 0 unspecified atom stereocenters. The van der Waals surface area contributed by atoms with E-state index in [9.17, 15) is 9.59 Å². The lowest BCUT2D eigenvalue weighted by Crippen LogP contribution is -2.20. The summed E-state index contributed by atoms with van der Waals surface area (Å²) in [5.41, 5.74) is 1.47. The molecule has 3 rings (SSSR count). The van der Waals surface area contributed by atoms with Crippen molar-refractivity contribution in [2.75, 3.05) is 44.7 Å². The predicted molar refractivity (Wildman–Crippen MR) is 123 cm³/mol. The number of carbonyl (C=O) groups is 2. The lowest BCUT2D eigenvalue weighted by atomic mass is 10.2. The van der Waals surface area contributed by atoms with E-state index < -0.39 is 0 Å². The molecule has 172 valence electrons. The zero-order valence-electron chi connectivity index (χ0n) is 18.4. The number of hydrogen-bond acceptors (Lipinski definition) is 7. The third kappa shape index (κ3) is 7.22. The van der Waals surface area contributed by atoms with E-state index in [1.54, 1.807) is 81.1 Å². The molecule has 3 aromatic rings. The van der Waals surface area contributed by atoms with Crippen molar-refractivity contribution in [3.05, 3.63) is 72.4 Å². The van der Waals surface area contributed by atoms with Crippen LogP contribution in [-0.2, 0) is 9.53 Å². The van der Waals surface area contributed by atoms with Gasteiger partial charge in [-0.15, -0.1) is 0 Å². The van der Waals surface area contributed by atoms with E-state index in [1.807, 2.05) is 0 Å². The SMILES string of the molecule is COCCOc1ncccc1NC(=O)c1ccc(OCC(=O)Nc2cccc(OC)c2)cc1. The molecule has 0 atom stereocenters. The molecule has 2 amide bonds. The largest absolute Gasteiger partial charge is 0.497 e. The van der Waals surface area contributed by atoms with Crippen LogP contribution in [0.15, 0.2) is 66.9 Å². The standard InChI is InChI=1S/C24H25N3O6/c1-30-13-14-32-24-21(7-4-12-25-24)27-23(29)17-8-10-19(11-9-17)33-16-22(28)26-18-5-3-6-20(15-18)31-2/h3-12,15H,13-14,16H2,1-2H3,(H,26,28)(H,27,29). The number of nitrogens with one attached hydrogen (secondary N) is 2. The molecule has 1 aromatic heterocycles. The maximum absolute atomic E-state index is 12.6. The summed E-state index contributed by atoms with van der Waals surface area (Å²) in [6.45, 7) is 0.539. The minimum atomic E-state index is -0.332. The first-order valence-electron chi connectivity index (χ1n) is 10.1. The van der Waals surface area contributed by atoms with Gasteiger partial charge in [-0.3, -0.25) is 9.59 Å². The summed E-state index contributed by atoms with van der Waals surface area (Å²) >= 11 is 0. The van der Waals surface area contributed by atoms with Crippen molar-refractivity contribution in [3.63, 3.8) is 0 Å². The second kappa shape index (κ2) is 12.1. The van der Waals surface area contributed by atoms with Crippen LogP contribution in [0.3, 0.4) is 0 Å². The summed E-state index contributed by atoms with van der Waals surface area (Å²) in [4.78, 5) is 28.9. The summed E-state index contributed by atoms with van der Waals surface area (Å²) in [6, 6.07) is 16.9. The Labute approximate surface area is 191 Å². The summed E-state index contributed by atoms with van der Waals surface area (Å²) in [6.07, 6.45) is 1.58. The predicted octanol–water partition coefficient (Wildman–Crippen LogP) is 3.39. The molecule has 9 nitrogen and oxygen atoms in total. The van der Waals surface area contributed by atoms with Crippen molar-refractivity contribution in [1.82, 2.24) is 4.98 Å². The highest BCUT2D eigenvalue weighted by Gasteiger charge is 2.12. The van der Waals surface area contributed by atoms with Gasteiger partial charge in [0.2, 0.25) is 5.88 Å². The summed E-state index contributed by atoms with van der Waals surface area (Å²) < 4.78 is 21.1. The summed E-state index contributed by atoms with van der Waals surface area (Å²) in [7, 11) is 3.13. The molecule has 0 fully saturated rings. The number of ether oxygens (including phenoxy) is 4. The minimum Gasteiger partial charge on any atom is -0.497 e. The van der Waals surface area contributed by atoms with E-state index in [0.29, 0.717) is 47.5 Å². The van der Waals surface area contributed by atoms with Crippen LogP contribution in [0.1, 0.15) is 10.4 Å². The van der Waals surface area contributed by atoms with Gasteiger partial charge in [-0.1, -0.05) is 6.07 Å². The van der Waals surface area contributed by atoms with E-state index in [-0.39, 0.29) is 18.4 Å². The zero-order valence-corrected chi connectivity index (χ0v) is 18.4. The van der Waals surface area contributed by atoms with Gasteiger partial charge in [0.25, 0.3) is 11.8 Å². The van der Waals surface area contributed by atoms with Gasteiger partial charge in [0.15, 0.2) is 6.61 Å². The fourth-order valence-electron chi connectivity index (χ4n) is 2.77. The van der Waals surface area contributed by atoms with Crippen LogP contribution < -0.4 is 24.8 Å². The summed E-state index contributed by atoms with van der Waals surface area (Å²) in [5.74, 6) is 0.759. The molecule has 0 aliphatic rings. The Morgan fingerprint density at radius 3 is 2.45 bits per heavy atom. The molecule has 0 saturated carbocycles. The molecule has 9 heteroatoms. The Kier molecular flexibility index (Phi) is 8.61. The van der Waals surface area contributed by atoms with Crippen molar-refractivity contribution in [3.8, 4) is 17.4 Å². The van der Waals surface area contributed by atoms with Gasteiger partial charge in [-0.2, -0.15) is 0 Å². The number of nitrogens with zero attached hydrogens (tertiary/aromatic N) is 1. The number of hydrogen-bond donors (Lipinski definition) is 2. The number of pyridine rings is 1. The van der Waals surface area contributed by atoms with Gasteiger partial charge in [-0.25, -0.2) is 4.98 Å². The number of amides is 2. The molecule has 0 spiro atoms.